The van der Waals surface area contributed by atoms with Gasteiger partial charge in [0, 0.05) is 24.2 Å². The van der Waals surface area contributed by atoms with E-state index in [4.69, 9.17) is 4.74 Å². The molecule has 7 nitrogen and oxygen atoms in total. The highest BCUT2D eigenvalue weighted by Gasteiger charge is 2.33. The van der Waals surface area contributed by atoms with E-state index >= 15 is 0 Å². The second-order valence-electron chi connectivity index (χ2n) is 8.09. The molecule has 2 aromatic rings. The number of aromatic nitrogens is 2. The third-order valence-corrected chi connectivity index (χ3v) is 4.87. The Hall–Kier alpha value is -2.81. The van der Waals surface area contributed by atoms with Gasteiger partial charge in [-0.15, -0.1) is 0 Å². The summed E-state index contributed by atoms with van der Waals surface area (Å²) in [6.07, 6.45) is 4.25. The van der Waals surface area contributed by atoms with E-state index in [1.807, 2.05) is 11.5 Å². The average molecular weight is 420 g/mol. The maximum atomic E-state index is 13.3. The zero-order valence-electron chi connectivity index (χ0n) is 17.1. The molecule has 0 bridgehead atoms. The molecule has 1 fully saturated rings. The van der Waals surface area contributed by atoms with E-state index in [2.05, 4.69) is 22.5 Å². The van der Waals surface area contributed by atoms with Crippen molar-refractivity contribution in [3.63, 3.8) is 0 Å². The molecule has 3 rings (SSSR count). The van der Waals surface area contributed by atoms with Gasteiger partial charge in [-0.05, 0) is 24.1 Å². The lowest BCUT2D eigenvalue weighted by Crippen LogP contribution is -2.44. The maximum Gasteiger partial charge on any atom is 0.248 e. The van der Waals surface area contributed by atoms with E-state index in [1.54, 1.807) is 12.5 Å². The molecule has 0 spiro atoms. The molecule has 2 N–H and O–H groups in total. The van der Waals surface area contributed by atoms with Crippen LogP contribution in [0.25, 0.3) is 0 Å². The highest BCUT2D eigenvalue weighted by molar-refractivity contribution is 5.96. The molecule has 1 atom stereocenters. The lowest BCUT2D eigenvalue weighted by molar-refractivity contribution is -0.126. The minimum Gasteiger partial charge on any atom is -0.380 e. The maximum absolute atomic E-state index is 13.3. The van der Waals surface area contributed by atoms with E-state index in [-0.39, 0.29) is 23.3 Å². The number of amides is 2. The smallest absolute Gasteiger partial charge is 0.248 e. The van der Waals surface area contributed by atoms with Crippen molar-refractivity contribution in [2.24, 2.45) is 5.41 Å². The van der Waals surface area contributed by atoms with Gasteiger partial charge in [-0.3, -0.25) is 9.59 Å². The summed E-state index contributed by atoms with van der Waals surface area (Å²) in [6, 6.07) is 2.16. The molecule has 0 radical (unpaired) electrons. The second-order valence-corrected chi connectivity index (χ2v) is 8.09. The second kappa shape index (κ2) is 9.34. The van der Waals surface area contributed by atoms with Gasteiger partial charge in [0.25, 0.3) is 0 Å². The Balaban J connectivity index is 1.57. The van der Waals surface area contributed by atoms with Crippen LogP contribution in [0.1, 0.15) is 32.3 Å². The third kappa shape index (κ3) is 5.85. The van der Waals surface area contributed by atoms with Crippen molar-refractivity contribution >= 4 is 17.6 Å². The Labute approximate surface area is 173 Å². The van der Waals surface area contributed by atoms with Crippen LogP contribution in [0.15, 0.2) is 30.7 Å². The average Bonchev–Trinajstić information content (AvgIpc) is 3.05. The van der Waals surface area contributed by atoms with Gasteiger partial charge in [-0.25, -0.2) is 13.8 Å². The fourth-order valence-electron chi connectivity index (χ4n) is 3.41. The monoisotopic (exact) mass is 420 g/mol. The minimum atomic E-state index is -0.774. The number of hydrogen-bond acceptors (Lipinski definition) is 4. The van der Waals surface area contributed by atoms with Crippen molar-refractivity contribution in [2.45, 2.75) is 45.7 Å². The first-order valence-corrected chi connectivity index (χ1v) is 9.91. The van der Waals surface area contributed by atoms with Crippen LogP contribution in [0.2, 0.25) is 0 Å². The van der Waals surface area contributed by atoms with Crippen molar-refractivity contribution in [2.75, 3.05) is 18.5 Å². The van der Waals surface area contributed by atoms with E-state index < -0.39 is 23.6 Å². The number of nitrogens with one attached hydrogen (secondary N) is 2. The minimum absolute atomic E-state index is 0.0666. The van der Waals surface area contributed by atoms with Crippen LogP contribution in [0.3, 0.4) is 0 Å². The lowest BCUT2D eigenvalue weighted by atomic mass is 9.89. The van der Waals surface area contributed by atoms with Gasteiger partial charge < -0.3 is 19.9 Å². The first-order chi connectivity index (χ1) is 14.3. The molecule has 162 valence electrons. The first-order valence-electron chi connectivity index (χ1n) is 9.91. The predicted octanol–water partition coefficient (Wildman–Crippen LogP) is 2.66. The van der Waals surface area contributed by atoms with Gasteiger partial charge in [0.2, 0.25) is 11.8 Å². The van der Waals surface area contributed by atoms with Gasteiger partial charge in [-0.1, -0.05) is 20.3 Å². The lowest BCUT2D eigenvalue weighted by Gasteiger charge is -2.38. The van der Waals surface area contributed by atoms with Crippen molar-refractivity contribution in [1.29, 1.82) is 0 Å². The zero-order chi connectivity index (χ0) is 21.7. The van der Waals surface area contributed by atoms with Crippen LogP contribution < -0.4 is 10.6 Å². The number of carbonyl (C=O) groups is 2. The number of benzene rings is 1. The molecule has 2 heterocycles. The quantitative estimate of drug-likeness (QED) is 0.653. The highest BCUT2D eigenvalue weighted by atomic mass is 19.1. The summed E-state index contributed by atoms with van der Waals surface area (Å²) in [5, 5.41) is 5.36. The van der Waals surface area contributed by atoms with Crippen LogP contribution in [0.4, 0.5) is 14.6 Å². The number of ether oxygens (including phenoxy) is 1. The Kier molecular flexibility index (Phi) is 6.81. The Bertz CT molecular complexity index is 891. The molecule has 0 aliphatic carbocycles. The normalized spacial score (nSPS) is 15.9. The summed E-state index contributed by atoms with van der Waals surface area (Å²) in [4.78, 5) is 29.2. The zero-order valence-corrected chi connectivity index (χ0v) is 17.1. The van der Waals surface area contributed by atoms with Crippen molar-refractivity contribution in [1.82, 2.24) is 14.9 Å². The van der Waals surface area contributed by atoms with E-state index in [1.165, 1.54) is 0 Å². The Morgan fingerprint density at radius 1 is 1.27 bits per heavy atom. The third-order valence-electron chi connectivity index (χ3n) is 4.87. The number of imidazole rings is 1. The van der Waals surface area contributed by atoms with Gasteiger partial charge in [-0.2, -0.15) is 0 Å². The van der Waals surface area contributed by atoms with E-state index in [0.29, 0.717) is 31.9 Å². The fourth-order valence-corrected chi connectivity index (χ4v) is 3.41. The molecule has 1 aromatic carbocycles. The summed E-state index contributed by atoms with van der Waals surface area (Å²) in [5.74, 6) is -1.99. The van der Waals surface area contributed by atoms with Gasteiger partial charge in [0.05, 0.1) is 26.0 Å². The number of nitrogens with zero attached hydrogens (tertiary/aromatic N) is 2. The molecule has 1 aliphatic rings. The molecule has 9 heteroatoms. The Morgan fingerprint density at radius 3 is 2.57 bits per heavy atom. The fraction of sp³-hybridized carbons (Fsp3) is 0.476. The summed E-state index contributed by atoms with van der Waals surface area (Å²) in [5.41, 5.74) is 0.268. The van der Waals surface area contributed by atoms with Gasteiger partial charge in [0.1, 0.15) is 17.7 Å². The predicted molar refractivity (Wildman–Crippen MR) is 107 cm³/mol. The van der Waals surface area contributed by atoms with E-state index in [0.717, 1.165) is 24.7 Å². The Morgan fingerprint density at radius 2 is 1.97 bits per heavy atom. The van der Waals surface area contributed by atoms with Gasteiger partial charge >= 0.3 is 0 Å². The first kappa shape index (κ1) is 21.9. The summed E-state index contributed by atoms with van der Waals surface area (Å²) >= 11 is 0. The summed E-state index contributed by atoms with van der Waals surface area (Å²) in [7, 11) is 0. The van der Waals surface area contributed by atoms with Crippen LogP contribution in [-0.2, 0) is 27.3 Å². The van der Waals surface area contributed by atoms with Crippen LogP contribution in [-0.4, -0.2) is 40.6 Å². The topological polar surface area (TPSA) is 85.2 Å². The number of anilines is 1. The summed E-state index contributed by atoms with van der Waals surface area (Å²) < 4.78 is 33.8. The molecule has 0 saturated carbocycles. The molecule has 30 heavy (non-hydrogen) atoms. The molecule has 2 amide bonds. The van der Waals surface area contributed by atoms with E-state index in [9.17, 15) is 18.4 Å². The van der Waals surface area contributed by atoms with Crippen molar-refractivity contribution < 1.29 is 23.1 Å². The van der Waals surface area contributed by atoms with Crippen LogP contribution in [0, 0.1) is 17.0 Å². The highest BCUT2D eigenvalue weighted by Crippen LogP contribution is 2.28. The largest absolute Gasteiger partial charge is 0.380 e. The standard InChI is InChI=1S/C21H26F2N4O3/c1-3-4-17(25-19(28)7-14-5-15(22)8-16(23)6-14)20(29)26-18-9-27(13-24-18)10-21(2)11-30-12-21/h5-6,8-9,13,17H,3-4,7,10-12H2,1-2H3,(H,25,28)(H,26,29)/t17-/m0/s1. The number of rotatable bonds is 9. The number of hydrogen-bond donors (Lipinski definition) is 2. The number of halogens is 2. The molecule has 0 unspecified atom stereocenters. The molecule has 1 aromatic heterocycles. The molecular weight excluding hydrogens is 394 g/mol. The molecule has 1 saturated heterocycles. The SMILES string of the molecule is CCC[C@H](NC(=O)Cc1cc(F)cc(F)c1)C(=O)Nc1cn(CC2(C)COC2)cn1. The van der Waals surface area contributed by atoms with Crippen LogP contribution in [0.5, 0.6) is 0 Å². The van der Waals surface area contributed by atoms with Crippen molar-refractivity contribution in [3.05, 3.63) is 47.9 Å². The molecule has 1 aliphatic heterocycles. The van der Waals surface area contributed by atoms with Gasteiger partial charge in [0.15, 0.2) is 5.82 Å². The number of carbonyl (C=O) groups excluding carboxylic acids is 2. The van der Waals surface area contributed by atoms with Crippen molar-refractivity contribution in [3.8, 4) is 0 Å². The molecular formula is C21H26F2N4O3. The summed E-state index contributed by atoms with van der Waals surface area (Å²) in [6.45, 7) is 6.12. The van der Waals surface area contributed by atoms with Crippen LogP contribution >= 0.6 is 0 Å².